The second-order valence-electron chi connectivity index (χ2n) is 7.04. The van der Waals surface area contributed by atoms with E-state index in [1.807, 2.05) is 59.4 Å². The van der Waals surface area contributed by atoms with Gasteiger partial charge in [0.05, 0.1) is 12.2 Å². The molecule has 144 valence electrons. The Labute approximate surface area is 174 Å². The van der Waals surface area contributed by atoms with Gasteiger partial charge in [-0.2, -0.15) is 10.4 Å². The summed E-state index contributed by atoms with van der Waals surface area (Å²) in [5, 5.41) is 17.7. The van der Waals surface area contributed by atoms with Crippen LogP contribution in [0, 0.1) is 11.3 Å². The Morgan fingerprint density at radius 2 is 1.93 bits per heavy atom. The first-order valence-electron chi connectivity index (χ1n) is 9.42. The molecular formula is C23H19ClN4O. The molecule has 1 amide bonds. The molecule has 5 nitrogen and oxygen atoms in total. The Hall–Kier alpha value is -3.36. The van der Waals surface area contributed by atoms with Gasteiger partial charge in [0.25, 0.3) is 5.91 Å². The van der Waals surface area contributed by atoms with Gasteiger partial charge in [-0.3, -0.25) is 9.48 Å². The summed E-state index contributed by atoms with van der Waals surface area (Å²) in [5.74, 6) is -0.340. The van der Waals surface area contributed by atoms with E-state index in [4.69, 9.17) is 16.7 Å². The van der Waals surface area contributed by atoms with Gasteiger partial charge in [0.1, 0.15) is 11.6 Å². The molecule has 0 radical (unpaired) electrons. The lowest BCUT2D eigenvalue weighted by molar-refractivity contribution is -0.117. The highest BCUT2D eigenvalue weighted by atomic mass is 35.5. The van der Waals surface area contributed by atoms with E-state index in [1.54, 1.807) is 18.2 Å². The topological polar surface area (TPSA) is 70.7 Å². The molecule has 0 aliphatic heterocycles. The number of nitrogens with one attached hydrogen (secondary N) is 1. The first-order valence-corrected chi connectivity index (χ1v) is 9.80. The molecule has 1 aromatic heterocycles. The zero-order valence-electron chi connectivity index (χ0n) is 15.7. The molecule has 29 heavy (non-hydrogen) atoms. The van der Waals surface area contributed by atoms with Crippen molar-refractivity contribution < 1.29 is 4.79 Å². The summed E-state index contributed by atoms with van der Waals surface area (Å²) in [6, 6.07) is 19.6. The number of aromatic nitrogens is 2. The van der Waals surface area contributed by atoms with Gasteiger partial charge >= 0.3 is 0 Å². The van der Waals surface area contributed by atoms with Crippen molar-refractivity contribution >= 4 is 23.6 Å². The molecule has 4 rings (SSSR count). The predicted octanol–water partition coefficient (Wildman–Crippen LogP) is 4.44. The summed E-state index contributed by atoms with van der Waals surface area (Å²) in [4.78, 5) is 12.4. The quantitative estimate of drug-likeness (QED) is 0.489. The summed E-state index contributed by atoms with van der Waals surface area (Å²) in [6.07, 6.45) is 5.40. The van der Waals surface area contributed by atoms with Crippen LogP contribution in [0.4, 0.5) is 0 Å². The molecule has 1 fully saturated rings. The highest BCUT2D eigenvalue weighted by Gasteiger charge is 2.25. The SMILES string of the molecule is N#C/C(=C\c1cn(Cc2ccccc2)nc1-c1ccc(Cl)cc1)C(=O)NC1CC1. The Morgan fingerprint density at radius 1 is 1.21 bits per heavy atom. The van der Waals surface area contributed by atoms with E-state index >= 15 is 0 Å². The maximum atomic E-state index is 12.4. The second kappa shape index (κ2) is 8.34. The van der Waals surface area contributed by atoms with Crippen LogP contribution in [0.15, 0.2) is 66.4 Å². The van der Waals surface area contributed by atoms with Crippen LogP contribution in [0.1, 0.15) is 24.0 Å². The molecule has 0 atom stereocenters. The Bertz CT molecular complexity index is 1090. The van der Waals surface area contributed by atoms with Gasteiger partial charge in [-0.15, -0.1) is 0 Å². The van der Waals surface area contributed by atoms with Crippen LogP contribution in [0.2, 0.25) is 5.02 Å². The van der Waals surface area contributed by atoms with Crippen LogP contribution in [0.3, 0.4) is 0 Å². The van der Waals surface area contributed by atoms with Crippen LogP contribution >= 0.6 is 11.6 Å². The van der Waals surface area contributed by atoms with Crippen molar-refractivity contribution in [2.24, 2.45) is 0 Å². The van der Waals surface area contributed by atoms with Crippen molar-refractivity contribution in [1.29, 1.82) is 5.26 Å². The largest absolute Gasteiger partial charge is 0.349 e. The fourth-order valence-corrected chi connectivity index (χ4v) is 3.15. The highest BCUT2D eigenvalue weighted by molar-refractivity contribution is 6.30. The smallest absolute Gasteiger partial charge is 0.262 e. The third-order valence-corrected chi connectivity index (χ3v) is 4.92. The summed E-state index contributed by atoms with van der Waals surface area (Å²) in [7, 11) is 0. The number of benzene rings is 2. The molecule has 0 unspecified atom stereocenters. The monoisotopic (exact) mass is 402 g/mol. The molecule has 0 bridgehead atoms. The molecule has 1 aliphatic carbocycles. The van der Waals surface area contributed by atoms with Gasteiger partial charge in [0.15, 0.2) is 0 Å². The summed E-state index contributed by atoms with van der Waals surface area (Å²) in [6.45, 7) is 0.589. The van der Waals surface area contributed by atoms with E-state index in [0.717, 1.165) is 24.0 Å². The fourth-order valence-electron chi connectivity index (χ4n) is 3.02. The molecule has 0 spiro atoms. The first-order chi connectivity index (χ1) is 14.1. The average molecular weight is 403 g/mol. The van der Waals surface area contributed by atoms with E-state index in [9.17, 15) is 10.1 Å². The maximum absolute atomic E-state index is 12.4. The number of rotatable bonds is 6. The molecule has 1 saturated carbocycles. The summed E-state index contributed by atoms with van der Waals surface area (Å²) >= 11 is 6.02. The minimum absolute atomic E-state index is 0.0753. The number of hydrogen-bond acceptors (Lipinski definition) is 3. The lowest BCUT2D eigenvalue weighted by atomic mass is 10.1. The van der Waals surface area contributed by atoms with Crippen molar-refractivity contribution in [3.8, 4) is 17.3 Å². The predicted molar refractivity (Wildman–Crippen MR) is 113 cm³/mol. The van der Waals surface area contributed by atoms with E-state index in [1.165, 1.54) is 0 Å². The van der Waals surface area contributed by atoms with Crippen LogP contribution in [0.5, 0.6) is 0 Å². The summed E-state index contributed by atoms with van der Waals surface area (Å²) < 4.78 is 1.82. The number of nitrogens with zero attached hydrogens (tertiary/aromatic N) is 3. The van der Waals surface area contributed by atoms with Gasteiger partial charge < -0.3 is 5.32 Å². The molecular weight excluding hydrogens is 384 g/mol. The number of amides is 1. The molecule has 1 aliphatic rings. The number of carbonyl (C=O) groups excluding carboxylic acids is 1. The van der Waals surface area contributed by atoms with Gasteiger partial charge in [-0.1, -0.05) is 54.1 Å². The minimum atomic E-state index is -0.340. The lowest BCUT2D eigenvalue weighted by Crippen LogP contribution is -2.26. The zero-order chi connectivity index (χ0) is 20.2. The Balaban J connectivity index is 1.71. The third-order valence-electron chi connectivity index (χ3n) is 4.67. The summed E-state index contributed by atoms with van der Waals surface area (Å²) in [5.41, 5.74) is 3.47. The van der Waals surface area contributed by atoms with Gasteiger partial charge in [0.2, 0.25) is 0 Å². The van der Waals surface area contributed by atoms with Gasteiger partial charge in [-0.25, -0.2) is 0 Å². The number of halogens is 1. The molecule has 1 N–H and O–H groups in total. The highest BCUT2D eigenvalue weighted by Crippen LogP contribution is 2.26. The Morgan fingerprint density at radius 3 is 2.59 bits per heavy atom. The molecule has 6 heteroatoms. The van der Waals surface area contributed by atoms with E-state index in [2.05, 4.69) is 5.32 Å². The third kappa shape index (κ3) is 4.74. The number of carbonyl (C=O) groups is 1. The van der Waals surface area contributed by atoms with Crippen LogP contribution in [-0.2, 0) is 11.3 Å². The molecule has 2 aromatic carbocycles. The minimum Gasteiger partial charge on any atom is -0.349 e. The van der Waals surface area contributed by atoms with Crippen molar-refractivity contribution in [2.75, 3.05) is 0 Å². The fraction of sp³-hybridized carbons (Fsp3) is 0.174. The molecule has 1 heterocycles. The second-order valence-corrected chi connectivity index (χ2v) is 7.48. The first kappa shape index (κ1) is 19.0. The van der Waals surface area contributed by atoms with E-state index in [-0.39, 0.29) is 17.5 Å². The van der Waals surface area contributed by atoms with Crippen LogP contribution in [-0.4, -0.2) is 21.7 Å². The van der Waals surface area contributed by atoms with Crippen molar-refractivity contribution in [1.82, 2.24) is 15.1 Å². The zero-order valence-corrected chi connectivity index (χ0v) is 16.4. The van der Waals surface area contributed by atoms with Crippen molar-refractivity contribution in [2.45, 2.75) is 25.4 Å². The van der Waals surface area contributed by atoms with Crippen molar-refractivity contribution in [3.63, 3.8) is 0 Å². The number of nitriles is 1. The normalized spacial score (nSPS) is 13.7. The van der Waals surface area contributed by atoms with E-state index in [0.29, 0.717) is 22.8 Å². The van der Waals surface area contributed by atoms with E-state index < -0.39 is 0 Å². The lowest BCUT2D eigenvalue weighted by Gasteiger charge is -2.02. The Kier molecular flexibility index (Phi) is 5.46. The van der Waals surface area contributed by atoms with Crippen LogP contribution < -0.4 is 5.32 Å². The standard InChI is InChI=1S/C23H19ClN4O/c24-20-8-6-17(7-9-20)22-19(12-18(13-25)23(29)26-21-10-11-21)15-28(27-22)14-16-4-2-1-3-5-16/h1-9,12,15,21H,10-11,14H2,(H,26,29)/b18-12+. The average Bonchev–Trinajstić information content (AvgIpc) is 3.46. The van der Waals surface area contributed by atoms with Crippen LogP contribution in [0.25, 0.3) is 17.3 Å². The molecule has 0 saturated heterocycles. The van der Waals surface area contributed by atoms with Gasteiger partial charge in [0, 0.05) is 28.4 Å². The number of hydrogen-bond donors (Lipinski definition) is 1. The maximum Gasteiger partial charge on any atom is 0.262 e. The van der Waals surface area contributed by atoms with Gasteiger partial charge in [-0.05, 0) is 36.6 Å². The molecule has 3 aromatic rings. The van der Waals surface area contributed by atoms with Crippen molar-refractivity contribution in [3.05, 3.63) is 82.5 Å².